The first-order chi connectivity index (χ1) is 17.0. The Hall–Kier alpha value is -4.56. The predicted molar refractivity (Wildman–Crippen MR) is 138 cm³/mol. The number of rotatable bonds is 8. The summed E-state index contributed by atoms with van der Waals surface area (Å²) in [7, 11) is 0. The quantitative estimate of drug-likeness (QED) is 0.263. The van der Waals surface area contributed by atoms with E-state index in [-0.39, 0.29) is 11.5 Å². The number of benzene rings is 3. The van der Waals surface area contributed by atoms with E-state index in [1.54, 1.807) is 6.08 Å². The second-order valence-corrected chi connectivity index (χ2v) is 8.27. The van der Waals surface area contributed by atoms with Gasteiger partial charge in [0.1, 0.15) is 24.0 Å². The number of aryl methyl sites for hydroxylation is 1. The van der Waals surface area contributed by atoms with E-state index in [4.69, 9.17) is 4.74 Å². The molecule has 3 aromatic carbocycles. The second kappa shape index (κ2) is 11.0. The maximum absolute atomic E-state index is 12.6. The molecule has 1 amide bonds. The zero-order valence-corrected chi connectivity index (χ0v) is 19.9. The van der Waals surface area contributed by atoms with Gasteiger partial charge in [0.25, 0.3) is 5.91 Å². The fourth-order valence-corrected chi connectivity index (χ4v) is 3.94. The Morgan fingerprint density at radius 3 is 2.20 bits per heavy atom. The number of ether oxygens (including phenoxy) is 1. The molecular formula is C30H27N3O2. The van der Waals surface area contributed by atoms with Gasteiger partial charge in [0, 0.05) is 23.6 Å². The van der Waals surface area contributed by atoms with Crippen LogP contribution in [0, 0.1) is 25.2 Å². The zero-order chi connectivity index (χ0) is 24.6. The molecule has 0 aliphatic rings. The minimum absolute atomic E-state index is 0.0749. The summed E-state index contributed by atoms with van der Waals surface area (Å²) < 4.78 is 8.00. The van der Waals surface area contributed by atoms with Gasteiger partial charge in [-0.15, -0.1) is 0 Å². The molecule has 1 heterocycles. The van der Waals surface area contributed by atoms with Crippen LogP contribution in [-0.4, -0.2) is 10.5 Å². The third-order valence-electron chi connectivity index (χ3n) is 5.77. The molecule has 5 heteroatoms. The fourth-order valence-electron chi connectivity index (χ4n) is 3.94. The molecule has 4 rings (SSSR count). The molecular weight excluding hydrogens is 434 g/mol. The summed E-state index contributed by atoms with van der Waals surface area (Å²) in [6, 6.07) is 31.6. The third kappa shape index (κ3) is 5.87. The van der Waals surface area contributed by atoms with Crippen LogP contribution in [0.5, 0.6) is 5.75 Å². The first-order valence-electron chi connectivity index (χ1n) is 11.4. The smallest absolute Gasteiger partial charge is 0.262 e. The van der Waals surface area contributed by atoms with E-state index < -0.39 is 0 Å². The number of hydrogen-bond acceptors (Lipinski definition) is 3. The Labute approximate surface area is 205 Å². The molecule has 0 aliphatic heterocycles. The van der Waals surface area contributed by atoms with E-state index in [1.807, 2.05) is 111 Å². The van der Waals surface area contributed by atoms with E-state index in [9.17, 15) is 10.1 Å². The highest BCUT2D eigenvalue weighted by Gasteiger charge is 2.14. The SMILES string of the molecule is Cc1cc(/C=C(/C#N)C(=O)NCc2ccccc2)c(C)n1-c1ccc(OCc2ccccc2)cc1. The molecule has 1 N–H and O–H groups in total. The maximum Gasteiger partial charge on any atom is 0.262 e. The van der Waals surface area contributed by atoms with E-state index in [2.05, 4.69) is 9.88 Å². The zero-order valence-electron chi connectivity index (χ0n) is 19.9. The highest BCUT2D eigenvalue weighted by Crippen LogP contribution is 2.25. The average Bonchev–Trinajstić information content (AvgIpc) is 3.18. The number of nitrogens with one attached hydrogen (secondary N) is 1. The molecule has 0 spiro atoms. The molecule has 5 nitrogen and oxygen atoms in total. The van der Waals surface area contributed by atoms with Crippen molar-refractivity contribution < 1.29 is 9.53 Å². The third-order valence-corrected chi connectivity index (χ3v) is 5.77. The summed E-state index contributed by atoms with van der Waals surface area (Å²) in [5.41, 5.74) is 5.94. The molecule has 0 bridgehead atoms. The molecule has 0 saturated carbocycles. The van der Waals surface area contributed by atoms with Gasteiger partial charge in [-0.25, -0.2) is 0 Å². The Morgan fingerprint density at radius 1 is 0.943 bits per heavy atom. The van der Waals surface area contributed by atoms with Gasteiger partial charge in [0.15, 0.2) is 0 Å². The second-order valence-electron chi connectivity index (χ2n) is 8.27. The van der Waals surface area contributed by atoms with Crippen molar-refractivity contribution in [3.05, 3.63) is 125 Å². The standard InChI is InChI=1S/C30H27N3O2/c1-22-17-26(18-27(19-31)30(34)32-20-24-9-5-3-6-10-24)23(2)33(22)28-13-15-29(16-14-28)35-21-25-11-7-4-8-12-25/h3-18H,20-21H2,1-2H3,(H,32,34)/b27-18-. The number of nitrogens with zero attached hydrogens (tertiary/aromatic N) is 2. The molecule has 0 aliphatic carbocycles. The van der Waals surface area contributed by atoms with Crippen molar-refractivity contribution in [3.63, 3.8) is 0 Å². The van der Waals surface area contributed by atoms with Crippen LogP contribution in [0.4, 0.5) is 0 Å². The summed E-state index contributed by atoms with van der Waals surface area (Å²) in [6.45, 7) is 4.87. The maximum atomic E-state index is 12.6. The van der Waals surface area contributed by atoms with Crippen LogP contribution < -0.4 is 10.1 Å². The van der Waals surface area contributed by atoms with Gasteiger partial charge in [-0.2, -0.15) is 5.26 Å². The van der Waals surface area contributed by atoms with Gasteiger partial charge < -0.3 is 14.6 Å². The highest BCUT2D eigenvalue weighted by molar-refractivity contribution is 6.01. The average molecular weight is 462 g/mol. The van der Waals surface area contributed by atoms with Crippen LogP contribution in [0.3, 0.4) is 0 Å². The number of aromatic nitrogens is 1. The minimum Gasteiger partial charge on any atom is -0.489 e. The first kappa shape index (κ1) is 23.6. The minimum atomic E-state index is -0.388. The number of hydrogen-bond donors (Lipinski definition) is 1. The number of amides is 1. The first-order valence-corrected chi connectivity index (χ1v) is 11.4. The van der Waals surface area contributed by atoms with E-state index in [0.717, 1.165) is 39.5 Å². The Balaban J connectivity index is 1.48. The Morgan fingerprint density at radius 2 is 1.57 bits per heavy atom. The van der Waals surface area contributed by atoms with Crippen LogP contribution in [-0.2, 0) is 17.9 Å². The molecule has 174 valence electrons. The number of carbonyl (C=O) groups excluding carboxylic acids is 1. The lowest BCUT2D eigenvalue weighted by Crippen LogP contribution is -2.23. The van der Waals surface area contributed by atoms with Crippen LogP contribution in [0.15, 0.2) is 96.6 Å². The van der Waals surface area contributed by atoms with E-state index in [0.29, 0.717) is 13.2 Å². The monoisotopic (exact) mass is 461 g/mol. The summed E-state index contributed by atoms with van der Waals surface area (Å²) in [6.07, 6.45) is 1.65. The van der Waals surface area contributed by atoms with Crippen molar-refractivity contribution in [1.29, 1.82) is 5.26 Å². The van der Waals surface area contributed by atoms with E-state index >= 15 is 0 Å². The van der Waals surface area contributed by atoms with Gasteiger partial charge in [-0.05, 0) is 66.9 Å². The van der Waals surface area contributed by atoms with Crippen molar-refractivity contribution in [2.75, 3.05) is 0 Å². The molecule has 35 heavy (non-hydrogen) atoms. The van der Waals surface area contributed by atoms with Crippen molar-refractivity contribution >= 4 is 12.0 Å². The molecule has 0 fully saturated rings. The Kier molecular flexibility index (Phi) is 7.44. The normalized spacial score (nSPS) is 11.1. The van der Waals surface area contributed by atoms with Gasteiger partial charge in [0.05, 0.1) is 0 Å². The molecule has 1 aromatic heterocycles. The largest absolute Gasteiger partial charge is 0.489 e. The number of carbonyl (C=O) groups is 1. The summed E-state index contributed by atoms with van der Waals surface area (Å²) in [4.78, 5) is 12.6. The van der Waals surface area contributed by atoms with E-state index in [1.165, 1.54) is 0 Å². The van der Waals surface area contributed by atoms with Crippen molar-refractivity contribution in [2.45, 2.75) is 27.0 Å². The summed E-state index contributed by atoms with van der Waals surface area (Å²) >= 11 is 0. The lowest BCUT2D eigenvalue weighted by Gasteiger charge is -2.11. The molecule has 0 saturated heterocycles. The van der Waals surface area contributed by atoms with Crippen molar-refractivity contribution in [2.24, 2.45) is 0 Å². The lowest BCUT2D eigenvalue weighted by atomic mass is 10.1. The van der Waals surface area contributed by atoms with Crippen LogP contribution in [0.25, 0.3) is 11.8 Å². The van der Waals surface area contributed by atoms with Crippen LogP contribution >= 0.6 is 0 Å². The topological polar surface area (TPSA) is 67.0 Å². The fraction of sp³-hybridized carbons (Fsp3) is 0.133. The molecule has 0 atom stereocenters. The van der Waals surface area contributed by atoms with Crippen LogP contribution in [0.2, 0.25) is 0 Å². The van der Waals surface area contributed by atoms with Gasteiger partial charge in [-0.3, -0.25) is 4.79 Å². The van der Waals surface area contributed by atoms with Crippen molar-refractivity contribution in [1.82, 2.24) is 9.88 Å². The van der Waals surface area contributed by atoms with Crippen LogP contribution in [0.1, 0.15) is 28.1 Å². The lowest BCUT2D eigenvalue weighted by molar-refractivity contribution is -0.117. The summed E-state index contributed by atoms with van der Waals surface area (Å²) in [5, 5.41) is 12.4. The summed E-state index contributed by atoms with van der Waals surface area (Å²) in [5.74, 6) is 0.406. The predicted octanol–water partition coefficient (Wildman–Crippen LogP) is 5.90. The molecule has 0 unspecified atom stereocenters. The van der Waals surface area contributed by atoms with Crippen molar-refractivity contribution in [3.8, 4) is 17.5 Å². The molecule has 4 aromatic rings. The van der Waals surface area contributed by atoms with Gasteiger partial charge in [0.2, 0.25) is 0 Å². The number of nitriles is 1. The Bertz CT molecular complexity index is 1360. The molecule has 0 radical (unpaired) electrons. The highest BCUT2D eigenvalue weighted by atomic mass is 16.5. The van der Waals surface area contributed by atoms with Gasteiger partial charge in [-0.1, -0.05) is 60.7 Å². The van der Waals surface area contributed by atoms with Gasteiger partial charge >= 0.3 is 0 Å².